The van der Waals surface area contributed by atoms with Crippen molar-refractivity contribution in [1.82, 2.24) is 4.90 Å². The Labute approximate surface area is 153 Å². The maximum atomic E-state index is 12.3. The molecule has 2 aromatic rings. The normalized spacial score (nSPS) is 14.8. The Morgan fingerprint density at radius 1 is 0.923 bits per heavy atom. The summed E-state index contributed by atoms with van der Waals surface area (Å²) in [6.45, 7) is 5.48. The summed E-state index contributed by atoms with van der Waals surface area (Å²) in [5, 5.41) is 2.88. The van der Waals surface area contributed by atoms with Crippen LogP contribution < -0.4 is 15.0 Å². The Balaban J connectivity index is 1.59. The van der Waals surface area contributed by atoms with Gasteiger partial charge in [-0.2, -0.15) is 0 Å². The second-order valence-electron chi connectivity index (χ2n) is 6.41. The lowest BCUT2D eigenvalue weighted by atomic mass is 10.2. The highest BCUT2D eigenvalue weighted by Crippen LogP contribution is 2.20. The molecular formula is C20H23N3O3. The van der Waals surface area contributed by atoms with E-state index in [1.54, 1.807) is 24.3 Å². The molecule has 1 fully saturated rings. The number of hydrogen-bond acceptors (Lipinski definition) is 5. The topological polar surface area (TPSA) is 61.9 Å². The molecule has 0 aromatic heterocycles. The first kappa shape index (κ1) is 17.9. The van der Waals surface area contributed by atoms with Crippen molar-refractivity contribution in [3.8, 4) is 5.75 Å². The van der Waals surface area contributed by atoms with E-state index in [2.05, 4.69) is 22.2 Å². The van der Waals surface area contributed by atoms with E-state index in [0.29, 0.717) is 11.3 Å². The average molecular weight is 353 g/mol. The molecule has 1 aliphatic heterocycles. The second-order valence-corrected chi connectivity index (χ2v) is 6.41. The molecule has 26 heavy (non-hydrogen) atoms. The number of amides is 1. The van der Waals surface area contributed by atoms with Gasteiger partial charge in [-0.25, -0.2) is 0 Å². The number of nitrogens with zero attached hydrogens (tertiary/aromatic N) is 2. The first-order valence-electron chi connectivity index (χ1n) is 8.64. The Hall–Kier alpha value is -2.86. The number of rotatable bonds is 4. The fourth-order valence-corrected chi connectivity index (χ4v) is 2.86. The van der Waals surface area contributed by atoms with Crippen LogP contribution in [-0.4, -0.2) is 50.0 Å². The van der Waals surface area contributed by atoms with Gasteiger partial charge in [0.1, 0.15) is 5.75 Å². The number of benzene rings is 2. The summed E-state index contributed by atoms with van der Waals surface area (Å²) in [5.41, 5.74) is 2.42. The molecule has 0 saturated carbocycles. The van der Waals surface area contributed by atoms with E-state index in [1.165, 1.54) is 12.6 Å². The zero-order valence-corrected chi connectivity index (χ0v) is 15.1. The Morgan fingerprint density at radius 3 is 2.12 bits per heavy atom. The lowest BCUT2D eigenvalue weighted by molar-refractivity contribution is -0.131. The lowest BCUT2D eigenvalue weighted by Crippen LogP contribution is -2.44. The molecule has 1 saturated heterocycles. The molecule has 1 aliphatic rings. The van der Waals surface area contributed by atoms with Gasteiger partial charge in [0.2, 0.25) is 0 Å². The van der Waals surface area contributed by atoms with Gasteiger partial charge in [-0.1, -0.05) is 0 Å². The Bertz CT molecular complexity index is 764. The highest BCUT2D eigenvalue weighted by atomic mass is 16.5. The van der Waals surface area contributed by atoms with Crippen molar-refractivity contribution in [3.63, 3.8) is 0 Å². The number of anilines is 2. The molecule has 1 N–H and O–H groups in total. The predicted octanol–water partition coefficient (Wildman–Crippen LogP) is 2.62. The maximum Gasteiger partial charge on any atom is 0.308 e. The van der Waals surface area contributed by atoms with Crippen molar-refractivity contribution < 1.29 is 14.3 Å². The van der Waals surface area contributed by atoms with E-state index >= 15 is 0 Å². The third-order valence-corrected chi connectivity index (χ3v) is 4.37. The van der Waals surface area contributed by atoms with Crippen molar-refractivity contribution in [2.45, 2.75) is 6.92 Å². The molecule has 136 valence electrons. The number of piperazine rings is 1. The summed E-state index contributed by atoms with van der Waals surface area (Å²) in [6, 6.07) is 14.4. The Morgan fingerprint density at radius 2 is 1.54 bits per heavy atom. The molecule has 0 atom stereocenters. The number of carbonyl (C=O) groups is 2. The van der Waals surface area contributed by atoms with Gasteiger partial charge in [-0.05, 0) is 55.6 Å². The average Bonchev–Trinajstić information content (AvgIpc) is 2.63. The van der Waals surface area contributed by atoms with Crippen LogP contribution in [0.15, 0.2) is 48.5 Å². The summed E-state index contributed by atoms with van der Waals surface area (Å²) in [6.07, 6.45) is 0. The Kier molecular flexibility index (Phi) is 5.53. The minimum absolute atomic E-state index is 0.202. The van der Waals surface area contributed by atoms with Gasteiger partial charge in [0.15, 0.2) is 0 Å². The highest BCUT2D eigenvalue weighted by molar-refractivity contribution is 6.04. The van der Waals surface area contributed by atoms with E-state index in [0.717, 1.165) is 31.9 Å². The van der Waals surface area contributed by atoms with Gasteiger partial charge >= 0.3 is 5.97 Å². The zero-order valence-electron chi connectivity index (χ0n) is 15.1. The number of likely N-dealkylation sites (N-methyl/N-ethyl adjacent to an activating group) is 1. The number of nitrogens with one attached hydrogen (secondary N) is 1. The van der Waals surface area contributed by atoms with Gasteiger partial charge < -0.3 is 19.9 Å². The van der Waals surface area contributed by atoms with E-state index in [-0.39, 0.29) is 11.9 Å². The fraction of sp³-hybridized carbons (Fsp3) is 0.300. The molecule has 0 unspecified atom stereocenters. The molecule has 2 aromatic carbocycles. The first-order valence-corrected chi connectivity index (χ1v) is 8.64. The van der Waals surface area contributed by atoms with E-state index in [9.17, 15) is 9.59 Å². The molecule has 1 amide bonds. The summed E-state index contributed by atoms with van der Waals surface area (Å²) in [4.78, 5) is 27.9. The number of ether oxygens (including phenoxy) is 1. The molecule has 0 aliphatic carbocycles. The van der Waals surface area contributed by atoms with Crippen LogP contribution >= 0.6 is 0 Å². The van der Waals surface area contributed by atoms with E-state index in [1.807, 2.05) is 24.3 Å². The molecule has 1 heterocycles. The van der Waals surface area contributed by atoms with Crippen molar-refractivity contribution in [3.05, 3.63) is 54.1 Å². The highest BCUT2D eigenvalue weighted by Gasteiger charge is 2.14. The quantitative estimate of drug-likeness (QED) is 0.676. The van der Waals surface area contributed by atoms with Crippen LogP contribution in [0.25, 0.3) is 0 Å². The number of hydrogen-bond donors (Lipinski definition) is 1. The summed E-state index contributed by atoms with van der Waals surface area (Å²) in [5.74, 6) is -0.167. The van der Waals surface area contributed by atoms with Crippen LogP contribution in [0.4, 0.5) is 11.4 Å². The van der Waals surface area contributed by atoms with Crippen molar-refractivity contribution in [1.29, 1.82) is 0 Å². The van der Waals surface area contributed by atoms with Crippen LogP contribution in [0.2, 0.25) is 0 Å². The SMILES string of the molecule is CC(=O)Oc1ccc(C(=O)Nc2ccc(N3CCN(C)CC3)cc2)cc1. The summed E-state index contributed by atoms with van der Waals surface area (Å²) >= 11 is 0. The van der Waals surface area contributed by atoms with Crippen LogP contribution in [0.5, 0.6) is 5.75 Å². The maximum absolute atomic E-state index is 12.3. The largest absolute Gasteiger partial charge is 0.427 e. The van der Waals surface area contributed by atoms with Crippen LogP contribution in [-0.2, 0) is 4.79 Å². The smallest absolute Gasteiger partial charge is 0.308 e. The van der Waals surface area contributed by atoms with Crippen LogP contribution in [0.1, 0.15) is 17.3 Å². The molecule has 6 heteroatoms. The van der Waals surface area contributed by atoms with Gasteiger partial charge in [0, 0.05) is 50.0 Å². The van der Waals surface area contributed by atoms with E-state index in [4.69, 9.17) is 4.74 Å². The number of esters is 1. The molecule has 0 bridgehead atoms. The van der Waals surface area contributed by atoms with Crippen molar-refractivity contribution >= 4 is 23.3 Å². The van der Waals surface area contributed by atoms with Gasteiger partial charge in [-0.15, -0.1) is 0 Å². The first-order chi connectivity index (χ1) is 12.5. The van der Waals surface area contributed by atoms with E-state index < -0.39 is 0 Å². The lowest BCUT2D eigenvalue weighted by Gasteiger charge is -2.34. The fourth-order valence-electron chi connectivity index (χ4n) is 2.86. The second kappa shape index (κ2) is 8.01. The molecule has 6 nitrogen and oxygen atoms in total. The number of carbonyl (C=O) groups excluding carboxylic acids is 2. The standard InChI is InChI=1S/C20H23N3O3/c1-15(24)26-19-9-3-16(4-10-19)20(25)21-17-5-7-18(8-6-17)23-13-11-22(2)12-14-23/h3-10H,11-14H2,1-2H3,(H,21,25). The van der Waals surface area contributed by atoms with Crippen molar-refractivity contribution in [2.24, 2.45) is 0 Å². The summed E-state index contributed by atoms with van der Waals surface area (Å²) < 4.78 is 4.97. The van der Waals surface area contributed by atoms with Gasteiger partial charge in [0.05, 0.1) is 0 Å². The third kappa shape index (κ3) is 4.61. The van der Waals surface area contributed by atoms with Crippen LogP contribution in [0.3, 0.4) is 0 Å². The van der Waals surface area contributed by atoms with Crippen LogP contribution in [0, 0.1) is 0 Å². The zero-order chi connectivity index (χ0) is 18.5. The molecular weight excluding hydrogens is 330 g/mol. The van der Waals surface area contributed by atoms with Gasteiger partial charge in [0.25, 0.3) is 5.91 Å². The van der Waals surface area contributed by atoms with Crippen molar-refractivity contribution in [2.75, 3.05) is 43.4 Å². The third-order valence-electron chi connectivity index (χ3n) is 4.37. The molecule has 3 rings (SSSR count). The minimum Gasteiger partial charge on any atom is -0.427 e. The monoisotopic (exact) mass is 353 g/mol. The molecule has 0 radical (unpaired) electrons. The minimum atomic E-state index is -0.386. The predicted molar refractivity (Wildman–Crippen MR) is 102 cm³/mol. The summed E-state index contributed by atoms with van der Waals surface area (Å²) in [7, 11) is 2.13. The van der Waals surface area contributed by atoms with Gasteiger partial charge in [-0.3, -0.25) is 9.59 Å². The molecule has 0 spiro atoms.